The highest BCUT2D eigenvalue weighted by atomic mass is 16.5. The first-order valence-corrected chi connectivity index (χ1v) is 4.67. The molecule has 0 aliphatic carbocycles. The van der Waals surface area contributed by atoms with Gasteiger partial charge >= 0.3 is 0 Å². The SMILES string of the molecule is C=CCC(=O)C1(CN)CCOCC1. The maximum atomic E-state index is 11.7. The molecule has 1 saturated heterocycles. The van der Waals surface area contributed by atoms with Gasteiger partial charge in [-0.15, -0.1) is 6.58 Å². The second-order valence-corrected chi connectivity index (χ2v) is 3.51. The maximum absolute atomic E-state index is 11.7. The largest absolute Gasteiger partial charge is 0.381 e. The van der Waals surface area contributed by atoms with Crippen LogP contribution in [0.25, 0.3) is 0 Å². The smallest absolute Gasteiger partial charge is 0.144 e. The van der Waals surface area contributed by atoms with E-state index in [-0.39, 0.29) is 11.2 Å². The van der Waals surface area contributed by atoms with Crippen LogP contribution in [-0.4, -0.2) is 25.5 Å². The fourth-order valence-corrected chi connectivity index (χ4v) is 1.71. The Kier molecular flexibility index (Phi) is 3.63. The lowest BCUT2D eigenvalue weighted by Gasteiger charge is -2.34. The topological polar surface area (TPSA) is 52.3 Å². The summed E-state index contributed by atoms with van der Waals surface area (Å²) in [5, 5.41) is 0. The predicted octanol–water partition coefficient (Wildman–Crippen LogP) is 0.887. The van der Waals surface area contributed by atoms with Gasteiger partial charge in [0.15, 0.2) is 0 Å². The van der Waals surface area contributed by atoms with Crippen LogP contribution < -0.4 is 5.73 Å². The number of carbonyl (C=O) groups is 1. The average Bonchev–Trinajstić information content (AvgIpc) is 2.19. The van der Waals surface area contributed by atoms with Gasteiger partial charge in [0.05, 0.1) is 0 Å². The summed E-state index contributed by atoms with van der Waals surface area (Å²) in [6.07, 6.45) is 3.60. The van der Waals surface area contributed by atoms with Gasteiger partial charge in [0, 0.05) is 31.6 Å². The molecule has 0 atom stereocenters. The van der Waals surface area contributed by atoms with Gasteiger partial charge in [-0.2, -0.15) is 0 Å². The summed E-state index contributed by atoms with van der Waals surface area (Å²) >= 11 is 0. The number of allylic oxidation sites excluding steroid dienone is 1. The quantitative estimate of drug-likeness (QED) is 0.658. The summed E-state index contributed by atoms with van der Waals surface area (Å²) < 4.78 is 5.22. The fourth-order valence-electron chi connectivity index (χ4n) is 1.71. The fraction of sp³-hybridized carbons (Fsp3) is 0.700. The molecule has 1 aliphatic heterocycles. The molecule has 3 heteroatoms. The van der Waals surface area contributed by atoms with E-state index in [9.17, 15) is 4.79 Å². The number of ketones is 1. The summed E-state index contributed by atoms with van der Waals surface area (Å²) in [5.74, 6) is 0.216. The molecule has 0 saturated carbocycles. The van der Waals surface area contributed by atoms with Gasteiger partial charge < -0.3 is 10.5 Å². The lowest BCUT2D eigenvalue weighted by Crippen LogP contribution is -2.43. The zero-order valence-electron chi connectivity index (χ0n) is 7.92. The van der Waals surface area contributed by atoms with Crippen LogP contribution in [-0.2, 0) is 9.53 Å². The molecule has 0 amide bonds. The molecular weight excluding hydrogens is 166 g/mol. The first kappa shape index (κ1) is 10.4. The molecule has 0 aromatic heterocycles. The van der Waals surface area contributed by atoms with E-state index in [4.69, 9.17) is 10.5 Å². The van der Waals surface area contributed by atoms with Crippen LogP contribution in [0.5, 0.6) is 0 Å². The summed E-state index contributed by atoms with van der Waals surface area (Å²) in [6, 6.07) is 0. The van der Waals surface area contributed by atoms with Crippen molar-refractivity contribution in [3.8, 4) is 0 Å². The molecule has 0 bridgehead atoms. The van der Waals surface area contributed by atoms with Crippen molar-refractivity contribution in [1.82, 2.24) is 0 Å². The molecule has 74 valence electrons. The molecule has 0 spiro atoms. The summed E-state index contributed by atoms with van der Waals surface area (Å²) in [4.78, 5) is 11.7. The molecule has 3 nitrogen and oxygen atoms in total. The maximum Gasteiger partial charge on any atom is 0.144 e. The summed E-state index contributed by atoms with van der Waals surface area (Å²) in [6.45, 7) is 5.31. The van der Waals surface area contributed by atoms with Gasteiger partial charge in [0.1, 0.15) is 5.78 Å². The number of carbonyl (C=O) groups excluding carboxylic acids is 1. The van der Waals surface area contributed by atoms with Crippen molar-refractivity contribution in [3.63, 3.8) is 0 Å². The number of Topliss-reactive ketones (excluding diaryl/α,β-unsaturated/α-hetero) is 1. The lowest BCUT2D eigenvalue weighted by molar-refractivity contribution is -0.132. The van der Waals surface area contributed by atoms with E-state index in [1.165, 1.54) is 0 Å². The Balaban J connectivity index is 2.66. The molecule has 1 heterocycles. The number of ether oxygens (including phenoxy) is 1. The molecule has 0 unspecified atom stereocenters. The molecule has 13 heavy (non-hydrogen) atoms. The van der Waals surface area contributed by atoms with E-state index >= 15 is 0 Å². The third kappa shape index (κ3) is 2.17. The summed E-state index contributed by atoms with van der Waals surface area (Å²) in [7, 11) is 0. The Bertz CT molecular complexity index is 195. The molecule has 1 aliphatic rings. The van der Waals surface area contributed by atoms with Crippen LogP contribution in [0.3, 0.4) is 0 Å². The average molecular weight is 183 g/mol. The van der Waals surface area contributed by atoms with Crippen LogP contribution in [0, 0.1) is 5.41 Å². The number of hydrogen-bond acceptors (Lipinski definition) is 3. The first-order chi connectivity index (χ1) is 6.25. The van der Waals surface area contributed by atoms with Gasteiger partial charge in [-0.25, -0.2) is 0 Å². The van der Waals surface area contributed by atoms with Gasteiger partial charge in [-0.1, -0.05) is 6.08 Å². The Morgan fingerprint density at radius 3 is 2.62 bits per heavy atom. The normalized spacial score (nSPS) is 21.0. The monoisotopic (exact) mass is 183 g/mol. The standard InChI is InChI=1S/C10H17NO2/c1-2-3-9(12)10(8-11)4-6-13-7-5-10/h2H,1,3-8,11H2. The predicted molar refractivity (Wildman–Crippen MR) is 51.4 cm³/mol. The molecular formula is C10H17NO2. The zero-order chi connectivity index (χ0) is 9.73. The Labute approximate surface area is 78.9 Å². The zero-order valence-corrected chi connectivity index (χ0v) is 7.92. The van der Waals surface area contributed by atoms with E-state index in [2.05, 4.69) is 6.58 Å². The van der Waals surface area contributed by atoms with E-state index in [1.807, 2.05) is 0 Å². The van der Waals surface area contributed by atoms with Crippen molar-refractivity contribution in [3.05, 3.63) is 12.7 Å². The van der Waals surface area contributed by atoms with E-state index in [1.54, 1.807) is 6.08 Å². The number of hydrogen-bond donors (Lipinski definition) is 1. The van der Waals surface area contributed by atoms with E-state index in [0.29, 0.717) is 26.2 Å². The van der Waals surface area contributed by atoms with Gasteiger partial charge in [-0.05, 0) is 12.8 Å². The van der Waals surface area contributed by atoms with Crippen LogP contribution in [0.4, 0.5) is 0 Å². The molecule has 0 radical (unpaired) electrons. The minimum Gasteiger partial charge on any atom is -0.381 e. The second kappa shape index (κ2) is 4.53. The Morgan fingerprint density at radius 1 is 1.54 bits per heavy atom. The van der Waals surface area contributed by atoms with E-state index < -0.39 is 0 Å². The molecule has 0 aromatic carbocycles. The molecule has 0 aromatic rings. The van der Waals surface area contributed by atoms with Crippen molar-refractivity contribution in [2.45, 2.75) is 19.3 Å². The minimum absolute atomic E-state index is 0.216. The lowest BCUT2D eigenvalue weighted by atomic mass is 9.75. The highest BCUT2D eigenvalue weighted by Crippen LogP contribution is 2.31. The third-order valence-electron chi connectivity index (χ3n) is 2.76. The third-order valence-corrected chi connectivity index (χ3v) is 2.76. The number of rotatable bonds is 4. The Morgan fingerprint density at radius 2 is 2.15 bits per heavy atom. The summed E-state index contributed by atoms with van der Waals surface area (Å²) in [5.41, 5.74) is 5.33. The van der Waals surface area contributed by atoms with Crippen LogP contribution in [0.15, 0.2) is 12.7 Å². The van der Waals surface area contributed by atoms with Crippen molar-refractivity contribution in [1.29, 1.82) is 0 Å². The van der Waals surface area contributed by atoms with Crippen molar-refractivity contribution in [2.75, 3.05) is 19.8 Å². The second-order valence-electron chi connectivity index (χ2n) is 3.51. The molecule has 1 rings (SSSR count). The number of nitrogens with two attached hydrogens (primary N) is 1. The van der Waals surface area contributed by atoms with Gasteiger partial charge in [-0.3, -0.25) is 4.79 Å². The highest BCUT2D eigenvalue weighted by Gasteiger charge is 2.37. The van der Waals surface area contributed by atoms with Crippen molar-refractivity contribution < 1.29 is 9.53 Å². The van der Waals surface area contributed by atoms with E-state index in [0.717, 1.165) is 12.8 Å². The van der Waals surface area contributed by atoms with Crippen LogP contribution in [0.2, 0.25) is 0 Å². The van der Waals surface area contributed by atoms with Crippen molar-refractivity contribution in [2.24, 2.45) is 11.1 Å². The van der Waals surface area contributed by atoms with Gasteiger partial charge in [0.2, 0.25) is 0 Å². The van der Waals surface area contributed by atoms with Crippen LogP contribution >= 0.6 is 0 Å². The minimum atomic E-state index is -0.327. The van der Waals surface area contributed by atoms with Gasteiger partial charge in [0.25, 0.3) is 0 Å². The Hall–Kier alpha value is -0.670. The first-order valence-electron chi connectivity index (χ1n) is 4.67. The van der Waals surface area contributed by atoms with Crippen molar-refractivity contribution >= 4 is 5.78 Å². The molecule has 1 fully saturated rings. The van der Waals surface area contributed by atoms with Crippen LogP contribution in [0.1, 0.15) is 19.3 Å². The highest BCUT2D eigenvalue weighted by molar-refractivity contribution is 5.86. The molecule has 2 N–H and O–H groups in total.